The van der Waals surface area contributed by atoms with Gasteiger partial charge in [-0.3, -0.25) is 9.59 Å². The maximum atomic E-state index is 12.6. The minimum Gasteiger partial charge on any atom is -0.459 e. The van der Waals surface area contributed by atoms with Gasteiger partial charge in [-0.2, -0.15) is 4.36 Å². The molecule has 0 saturated heterocycles. The molecular formula is C26H28N4O4S. The van der Waals surface area contributed by atoms with Crippen molar-refractivity contribution in [1.82, 2.24) is 4.98 Å². The zero-order valence-corrected chi connectivity index (χ0v) is 20.8. The van der Waals surface area contributed by atoms with E-state index in [1.807, 2.05) is 0 Å². The van der Waals surface area contributed by atoms with Crippen molar-refractivity contribution in [1.29, 1.82) is 0 Å². The number of rotatable bonds is 7. The Morgan fingerprint density at radius 3 is 2.71 bits per heavy atom. The number of nitrogens with zero attached hydrogens (tertiary/aromatic N) is 2. The van der Waals surface area contributed by atoms with Gasteiger partial charge in [0, 0.05) is 35.0 Å². The maximum Gasteiger partial charge on any atom is 0.291 e. The van der Waals surface area contributed by atoms with E-state index in [0.29, 0.717) is 22.6 Å². The summed E-state index contributed by atoms with van der Waals surface area (Å²) in [6.45, 7) is 3.84. The van der Waals surface area contributed by atoms with Crippen LogP contribution in [0.15, 0.2) is 57.6 Å². The van der Waals surface area contributed by atoms with Crippen LogP contribution in [0.25, 0.3) is 0 Å². The van der Waals surface area contributed by atoms with E-state index in [9.17, 15) is 13.8 Å². The summed E-state index contributed by atoms with van der Waals surface area (Å²) >= 11 is 0. The van der Waals surface area contributed by atoms with Crippen LogP contribution in [0.3, 0.4) is 0 Å². The number of nitrogens with two attached hydrogens (primary N) is 1. The Kier molecular flexibility index (Phi) is 8.44. The number of amides is 2. The Morgan fingerprint density at radius 1 is 1.20 bits per heavy atom. The van der Waals surface area contributed by atoms with Crippen LogP contribution in [0.5, 0.6) is 0 Å². The SMILES string of the molecule is CCCCCS(C)(=O)=NC(=O)c1cnc(N)c(C#Cc2cccc(NC(=O)c3occc3C)c2)c1. The third-order valence-electron chi connectivity index (χ3n) is 5.10. The highest BCUT2D eigenvalue weighted by molar-refractivity contribution is 7.93. The molecule has 0 bridgehead atoms. The van der Waals surface area contributed by atoms with Crippen LogP contribution in [0.1, 0.15) is 63.8 Å². The molecule has 9 heteroatoms. The predicted octanol–water partition coefficient (Wildman–Crippen LogP) is 4.65. The van der Waals surface area contributed by atoms with Crippen molar-refractivity contribution in [2.24, 2.45) is 4.36 Å². The molecule has 8 nitrogen and oxygen atoms in total. The summed E-state index contributed by atoms with van der Waals surface area (Å²) in [6.07, 6.45) is 6.94. The lowest BCUT2D eigenvalue weighted by molar-refractivity contribution is 0.0991. The smallest absolute Gasteiger partial charge is 0.291 e. The zero-order valence-electron chi connectivity index (χ0n) is 20.0. The molecule has 3 rings (SSSR count). The molecule has 0 saturated carbocycles. The van der Waals surface area contributed by atoms with E-state index in [0.717, 1.165) is 24.8 Å². The standard InChI is InChI=1S/C26H28N4O4S/c1-4-5-6-14-35(3,33)30-25(31)21-16-20(24(27)28-17-21)11-10-19-8-7-9-22(15-19)29-26(32)23-18(2)12-13-34-23/h7-9,12-13,15-17H,4-6,14H2,1-3H3,(H2,27,28)(H,29,32). The van der Waals surface area contributed by atoms with Crippen molar-refractivity contribution in [3.05, 3.63) is 76.9 Å². The molecule has 0 aliphatic heterocycles. The van der Waals surface area contributed by atoms with E-state index >= 15 is 0 Å². The fraction of sp³-hybridized carbons (Fsp3) is 0.269. The number of pyridine rings is 1. The molecule has 0 radical (unpaired) electrons. The molecular weight excluding hydrogens is 464 g/mol. The monoisotopic (exact) mass is 492 g/mol. The minimum atomic E-state index is -2.62. The first-order chi connectivity index (χ1) is 16.7. The van der Waals surface area contributed by atoms with Crippen LogP contribution in [0.4, 0.5) is 11.5 Å². The van der Waals surface area contributed by atoms with E-state index in [4.69, 9.17) is 10.2 Å². The lowest BCUT2D eigenvalue weighted by atomic mass is 10.1. The van der Waals surface area contributed by atoms with Gasteiger partial charge < -0.3 is 15.5 Å². The zero-order chi connectivity index (χ0) is 25.4. The van der Waals surface area contributed by atoms with Crippen LogP contribution in [-0.2, 0) is 9.73 Å². The molecule has 0 aliphatic rings. The number of benzene rings is 1. The lowest BCUT2D eigenvalue weighted by Gasteiger charge is -2.05. The first-order valence-electron chi connectivity index (χ1n) is 11.2. The van der Waals surface area contributed by atoms with Crippen LogP contribution >= 0.6 is 0 Å². The number of hydrogen-bond acceptors (Lipinski definition) is 6. The highest BCUT2D eigenvalue weighted by Crippen LogP contribution is 2.16. The molecule has 1 atom stereocenters. The summed E-state index contributed by atoms with van der Waals surface area (Å²) in [5.74, 6) is 5.69. The quantitative estimate of drug-likeness (QED) is 0.365. The molecule has 3 aromatic rings. The maximum absolute atomic E-state index is 12.6. The van der Waals surface area contributed by atoms with E-state index in [2.05, 4.69) is 33.4 Å². The molecule has 2 aromatic heterocycles. The van der Waals surface area contributed by atoms with Gasteiger partial charge in [0.05, 0.1) is 27.1 Å². The van der Waals surface area contributed by atoms with E-state index in [1.165, 1.54) is 24.8 Å². The predicted molar refractivity (Wildman–Crippen MR) is 138 cm³/mol. The van der Waals surface area contributed by atoms with Gasteiger partial charge in [0.1, 0.15) is 5.82 Å². The normalized spacial score (nSPS) is 12.2. The summed E-state index contributed by atoms with van der Waals surface area (Å²) in [5.41, 5.74) is 8.37. The molecule has 35 heavy (non-hydrogen) atoms. The second kappa shape index (κ2) is 11.5. The third kappa shape index (κ3) is 7.29. The largest absolute Gasteiger partial charge is 0.459 e. The topological polar surface area (TPSA) is 128 Å². The Morgan fingerprint density at radius 2 is 2.00 bits per heavy atom. The number of hydrogen-bond donors (Lipinski definition) is 2. The molecule has 3 N–H and O–H groups in total. The molecule has 1 unspecified atom stereocenters. The van der Waals surface area contributed by atoms with E-state index in [1.54, 1.807) is 37.3 Å². The fourth-order valence-electron chi connectivity index (χ4n) is 3.19. The first-order valence-corrected chi connectivity index (χ1v) is 13.2. The van der Waals surface area contributed by atoms with Crippen molar-refractivity contribution in [3.8, 4) is 11.8 Å². The summed E-state index contributed by atoms with van der Waals surface area (Å²) < 4.78 is 21.7. The fourth-order valence-corrected chi connectivity index (χ4v) is 4.48. The Bertz CT molecular complexity index is 1420. The van der Waals surface area contributed by atoms with Crippen LogP contribution < -0.4 is 11.1 Å². The number of furan rings is 1. The summed E-state index contributed by atoms with van der Waals surface area (Å²) in [5, 5.41) is 2.78. The van der Waals surface area contributed by atoms with Gasteiger partial charge in [0.15, 0.2) is 5.76 Å². The number of carbonyl (C=O) groups excluding carboxylic acids is 2. The van der Waals surface area contributed by atoms with Crippen molar-refractivity contribution >= 4 is 33.0 Å². The van der Waals surface area contributed by atoms with Crippen molar-refractivity contribution in [3.63, 3.8) is 0 Å². The molecule has 2 amide bonds. The molecule has 0 aliphatic carbocycles. The minimum absolute atomic E-state index is 0.159. The number of unbranched alkanes of at least 4 members (excludes halogenated alkanes) is 2. The van der Waals surface area contributed by atoms with Gasteiger partial charge in [-0.1, -0.05) is 37.7 Å². The molecule has 0 fully saturated rings. The van der Waals surface area contributed by atoms with Gasteiger partial charge in [0.2, 0.25) is 0 Å². The van der Waals surface area contributed by atoms with E-state index < -0.39 is 15.6 Å². The van der Waals surface area contributed by atoms with Gasteiger partial charge in [-0.25, -0.2) is 9.19 Å². The molecule has 2 heterocycles. The van der Waals surface area contributed by atoms with Crippen molar-refractivity contribution < 1.29 is 18.2 Å². The van der Waals surface area contributed by atoms with E-state index in [-0.39, 0.29) is 23.0 Å². The second-order valence-electron chi connectivity index (χ2n) is 8.14. The second-order valence-corrected chi connectivity index (χ2v) is 10.7. The van der Waals surface area contributed by atoms with Crippen molar-refractivity contribution in [2.75, 3.05) is 23.1 Å². The van der Waals surface area contributed by atoms with Crippen molar-refractivity contribution in [2.45, 2.75) is 33.1 Å². The third-order valence-corrected chi connectivity index (χ3v) is 6.70. The summed E-state index contributed by atoms with van der Waals surface area (Å²) in [4.78, 5) is 29.0. The number of aryl methyl sites for hydroxylation is 1. The molecule has 0 spiro atoms. The lowest BCUT2D eigenvalue weighted by Crippen LogP contribution is -2.12. The number of nitrogens with one attached hydrogen (secondary N) is 1. The van der Waals surface area contributed by atoms with Crippen LogP contribution in [-0.4, -0.2) is 33.0 Å². The summed E-state index contributed by atoms with van der Waals surface area (Å²) in [7, 11) is -2.62. The first kappa shape index (κ1) is 25.7. The highest BCUT2D eigenvalue weighted by Gasteiger charge is 2.13. The number of anilines is 2. The average molecular weight is 493 g/mol. The van der Waals surface area contributed by atoms with Gasteiger partial charge in [-0.05, 0) is 43.7 Å². The number of aromatic nitrogens is 1. The van der Waals surface area contributed by atoms with Gasteiger partial charge in [-0.15, -0.1) is 0 Å². The van der Waals surface area contributed by atoms with Gasteiger partial charge in [0.25, 0.3) is 11.8 Å². The average Bonchev–Trinajstić information content (AvgIpc) is 3.24. The Labute approximate surface area is 205 Å². The molecule has 1 aromatic carbocycles. The Balaban J connectivity index is 1.79. The van der Waals surface area contributed by atoms with Crippen LogP contribution in [0.2, 0.25) is 0 Å². The number of nitrogen functional groups attached to an aromatic ring is 1. The number of carbonyl (C=O) groups is 2. The highest BCUT2D eigenvalue weighted by atomic mass is 32.2. The molecule has 182 valence electrons. The van der Waals surface area contributed by atoms with Crippen LogP contribution in [0, 0.1) is 18.8 Å². The summed E-state index contributed by atoms with van der Waals surface area (Å²) in [6, 6.07) is 10.2. The Hall–Kier alpha value is -3.90. The van der Waals surface area contributed by atoms with Gasteiger partial charge >= 0.3 is 0 Å².